The number of carbonyl (C=O) groups is 1. The summed E-state index contributed by atoms with van der Waals surface area (Å²) in [7, 11) is 1.43. The Morgan fingerprint density at radius 2 is 1.61 bits per heavy atom. The first-order chi connectivity index (χ1) is 8.42. The quantitative estimate of drug-likeness (QED) is 0.468. The van der Waals surface area contributed by atoms with E-state index in [9.17, 15) is 4.79 Å². The first-order valence-electron chi connectivity index (χ1n) is 6.86. The number of esters is 1. The second kappa shape index (κ2) is 9.15. The fourth-order valence-corrected chi connectivity index (χ4v) is 1.75. The van der Waals surface area contributed by atoms with Crippen LogP contribution in [0.4, 0.5) is 0 Å². The van der Waals surface area contributed by atoms with Crippen LogP contribution in [0.5, 0.6) is 0 Å². The summed E-state index contributed by atoms with van der Waals surface area (Å²) in [6, 6.07) is -0.313. The number of nitrogens with zero attached hydrogens (tertiary/aromatic N) is 1. The molecular weight excluding hydrogens is 226 g/mol. The molecule has 1 atom stereocenters. The van der Waals surface area contributed by atoms with Crippen molar-refractivity contribution in [3.05, 3.63) is 12.7 Å². The van der Waals surface area contributed by atoms with Crippen molar-refractivity contribution in [3.8, 4) is 0 Å². The smallest absolute Gasteiger partial charge is 0.327 e. The molecule has 1 unspecified atom stereocenters. The van der Waals surface area contributed by atoms with Crippen LogP contribution in [0.15, 0.2) is 12.7 Å². The standard InChI is InChI=1S/C15H29NO2/c1-7-14(15(17)18-6)16(10-8-12(2)3)11-9-13(4)5/h7,12-14H,1,8-11H2,2-6H3. The molecule has 0 aliphatic carbocycles. The van der Waals surface area contributed by atoms with Crippen molar-refractivity contribution < 1.29 is 9.53 Å². The molecule has 0 saturated carbocycles. The van der Waals surface area contributed by atoms with Gasteiger partial charge in [-0.1, -0.05) is 33.8 Å². The molecule has 106 valence electrons. The maximum atomic E-state index is 11.7. The van der Waals surface area contributed by atoms with E-state index in [0.29, 0.717) is 11.8 Å². The summed E-state index contributed by atoms with van der Waals surface area (Å²) in [6.07, 6.45) is 3.85. The van der Waals surface area contributed by atoms with E-state index in [-0.39, 0.29) is 12.0 Å². The lowest BCUT2D eigenvalue weighted by Crippen LogP contribution is -2.42. The summed E-state index contributed by atoms with van der Waals surface area (Å²) in [5.41, 5.74) is 0. The molecule has 0 aromatic carbocycles. The average Bonchev–Trinajstić information content (AvgIpc) is 2.31. The van der Waals surface area contributed by atoms with Gasteiger partial charge >= 0.3 is 5.97 Å². The maximum Gasteiger partial charge on any atom is 0.327 e. The van der Waals surface area contributed by atoms with E-state index >= 15 is 0 Å². The van der Waals surface area contributed by atoms with E-state index < -0.39 is 0 Å². The normalized spacial score (nSPS) is 13.1. The Hall–Kier alpha value is -0.830. The zero-order valence-corrected chi connectivity index (χ0v) is 12.6. The molecule has 0 rings (SSSR count). The molecule has 3 nitrogen and oxygen atoms in total. The van der Waals surface area contributed by atoms with Gasteiger partial charge in [-0.15, -0.1) is 6.58 Å². The van der Waals surface area contributed by atoms with Gasteiger partial charge in [0.25, 0.3) is 0 Å². The zero-order valence-electron chi connectivity index (χ0n) is 12.6. The van der Waals surface area contributed by atoms with E-state index in [4.69, 9.17) is 4.74 Å². The van der Waals surface area contributed by atoms with E-state index in [2.05, 4.69) is 39.2 Å². The molecule has 0 aromatic rings. The molecule has 0 amide bonds. The van der Waals surface area contributed by atoms with Crippen molar-refractivity contribution in [1.82, 2.24) is 4.90 Å². The highest BCUT2D eigenvalue weighted by molar-refractivity contribution is 5.77. The van der Waals surface area contributed by atoms with Crippen LogP contribution in [0.1, 0.15) is 40.5 Å². The molecule has 0 heterocycles. The molecule has 0 radical (unpaired) electrons. The van der Waals surface area contributed by atoms with Gasteiger partial charge in [0, 0.05) is 0 Å². The van der Waals surface area contributed by atoms with Gasteiger partial charge < -0.3 is 4.74 Å². The predicted molar refractivity (Wildman–Crippen MR) is 76.5 cm³/mol. The lowest BCUT2D eigenvalue weighted by Gasteiger charge is -2.29. The summed E-state index contributed by atoms with van der Waals surface area (Å²) in [5, 5.41) is 0. The Morgan fingerprint density at radius 3 is 1.89 bits per heavy atom. The summed E-state index contributed by atoms with van der Waals surface area (Å²) in [4.78, 5) is 13.9. The highest BCUT2D eigenvalue weighted by atomic mass is 16.5. The monoisotopic (exact) mass is 255 g/mol. The molecule has 0 aromatic heterocycles. The Bertz CT molecular complexity index is 237. The zero-order chi connectivity index (χ0) is 14.1. The van der Waals surface area contributed by atoms with Crippen molar-refractivity contribution in [2.75, 3.05) is 20.2 Å². The lowest BCUT2D eigenvalue weighted by molar-refractivity contribution is -0.145. The highest BCUT2D eigenvalue weighted by Crippen LogP contribution is 2.11. The van der Waals surface area contributed by atoms with E-state index in [1.165, 1.54) is 7.11 Å². The van der Waals surface area contributed by atoms with Gasteiger partial charge in [0.05, 0.1) is 7.11 Å². The molecule has 3 heteroatoms. The average molecular weight is 255 g/mol. The number of ether oxygens (including phenoxy) is 1. The fraction of sp³-hybridized carbons (Fsp3) is 0.800. The van der Waals surface area contributed by atoms with E-state index in [1.54, 1.807) is 6.08 Å². The van der Waals surface area contributed by atoms with Gasteiger partial charge in [-0.05, 0) is 37.8 Å². The number of carbonyl (C=O) groups excluding carboxylic acids is 1. The van der Waals surface area contributed by atoms with Gasteiger partial charge in [-0.3, -0.25) is 9.69 Å². The second-order valence-corrected chi connectivity index (χ2v) is 5.60. The summed E-state index contributed by atoms with van der Waals surface area (Å²) in [5.74, 6) is 1.06. The largest absolute Gasteiger partial charge is 0.468 e. The molecule has 0 N–H and O–H groups in total. The van der Waals surface area contributed by atoms with Gasteiger partial charge in [-0.2, -0.15) is 0 Å². The predicted octanol–water partition coefficient (Wildman–Crippen LogP) is 3.11. The minimum atomic E-state index is -0.313. The van der Waals surface area contributed by atoms with Gasteiger partial charge in [0.2, 0.25) is 0 Å². The summed E-state index contributed by atoms with van der Waals surface area (Å²) in [6.45, 7) is 14.4. The topological polar surface area (TPSA) is 29.5 Å². The number of hydrogen-bond acceptors (Lipinski definition) is 3. The molecule has 0 fully saturated rings. The van der Waals surface area contributed by atoms with Crippen LogP contribution < -0.4 is 0 Å². The summed E-state index contributed by atoms with van der Waals surface area (Å²) >= 11 is 0. The SMILES string of the molecule is C=CC(C(=O)OC)N(CCC(C)C)CCC(C)C. The molecule has 0 aliphatic rings. The third kappa shape index (κ3) is 6.80. The lowest BCUT2D eigenvalue weighted by atomic mass is 10.1. The first kappa shape index (κ1) is 17.2. The molecule has 0 saturated heterocycles. The van der Waals surface area contributed by atoms with Crippen LogP contribution in [-0.4, -0.2) is 37.1 Å². The Kier molecular flexibility index (Phi) is 8.73. The van der Waals surface area contributed by atoms with Crippen LogP contribution in [0.25, 0.3) is 0 Å². The van der Waals surface area contributed by atoms with Crippen LogP contribution in [-0.2, 0) is 9.53 Å². The van der Waals surface area contributed by atoms with Gasteiger partial charge in [0.15, 0.2) is 0 Å². The number of methoxy groups -OCH3 is 1. The summed E-state index contributed by atoms with van der Waals surface area (Å²) < 4.78 is 4.85. The molecule has 0 bridgehead atoms. The Morgan fingerprint density at radius 1 is 1.17 bits per heavy atom. The van der Waals surface area contributed by atoms with Crippen LogP contribution in [0.2, 0.25) is 0 Å². The molecular formula is C15H29NO2. The van der Waals surface area contributed by atoms with Crippen LogP contribution in [0, 0.1) is 11.8 Å². The number of rotatable bonds is 9. The van der Waals surface area contributed by atoms with E-state index in [1.807, 2.05) is 0 Å². The highest BCUT2D eigenvalue weighted by Gasteiger charge is 2.23. The third-order valence-corrected chi connectivity index (χ3v) is 3.05. The van der Waals surface area contributed by atoms with Crippen molar-refractivity contribution in [3.63, 3.8) is 0 Å². The molecule has 0 spiro atoms. The third-order valence-electron chi connectivity index (χ3n) is 3.05. The van der Waals surface area contributed by atoms with Crippen molar-refractivity contribution in [2.45, 2.75) is 46.6 Å². The Labute approximate surface area is 112 Å². The first-order valence-corrected chi connectivity index (χ1v) is 6.86. The fourth-order valence-electron chi connectivity index (χ4n) is 1.75. The van der Waals surface area contributed by atoms with Crippen molar-refractivity contribution in [2.24, 2.45) is 11.8 Å². The number of hydrogen-bond donors (Lipinski definition) is 0. The van der Waals surface area contributed by atoms with Crippen molar-refractivity contribution in [1.29, 1.82) is 0 Å². The molecule has 0 aliphatic heterocycles. The van der Waals surface area contributed by atoms with E-state index in [0.717, 1.165) is 25.9 Å². The maximum absolute atomic E-state index is 11.7. The minimum absolute atomic E-state index is 0.211. The minimum Gasteiger partial charge on any atom is -0.468 e. The van der Waals surface area contributed by atoms with Gasteiger partial charge in [-0.25, -0.2) is 0 Å². The van der Waals surface area contributed by atoms with Gasteiger partial charge in [0.1, 0.15) is 6.04 Å². The Balaban J connectivity index is 4.58. The molecule has 18 heavy (non-hydrogen) atoms. The van der Waals surface area contributed by atoms with Crippen molar-refractivity contribution >= 4 is 5.97 Å². The van der Waals surface area contributed by atoms with Crippen LogP contribution >= 0.6 is 0 Å². The van der Waals surface area contributed by atoms with Crippen LogP contribution in [0.3, 0.4) is 0 Å². The second-order valence-electron chi connectivity index (χ2n) is 5.60.